The summed E-state index contributed by atoms with van der Waals surface area (Å²) in [5.41, 5.74) is 7.46. The van der Waals surface area contributed by atoms with E-state index in [4.69, 9.17) is 5.73 Å². The van der Waals surface area contributed by atoms with Gasteiger partial charge in [-0.3, -0.25) is 9.78 Å². The Morgan fingerprint density at radius 2 is 2.00 bits per heavy atom. The van der Waals surface area contributed by atoms with Crippen molar-refractivity contribution in [2.45, 2.75) is 51.6 Å². The van der Waals surface area contributed by atoms with E-state index in [1.54, 1.807) is 12.4 Å². The van der Waals surface area contributed by atoms with E-state index in [2.05, 4.69) is 28.6 Å². The first-order chi connectivity index (χ1) is 11.4. The van der Waals surface area contributed by atoms with Crippen LogP contribution in [0.3, 0.4) is 0 Å². The van der Waals surface area contributed by atoms with E-state index < -0.39 is 0 Å². The Kier molecular flexibility index (Phi) is 4.92. The number of rotatable bonds is 4. The summed E-state index contributed by atoms with van der Waals surface area (Å²) in [6.45, 7) is 8.87. The summed E-state index contributed by atoms with van der Waals surface area (Å²) in [5.74, 6) is 0.286. The monoisotopic (exact) mass is 330 g/mol. The molecule has 5 nitrogen and oxygen atoms in total. The van der Waals surface area contributed by atoms with E-state index in [1.807, 2.05) is 12.1 Å². The molecule has 2 aliphatic heterocycles. The third kappa shape index (κ3) is 4.33. The number of carbonyl (C=O) groups is 1. The second-order valence-electron chi connectivity index (χ2n) is 8.41. The van der Waals surface area contributed by atoms with Gasteiger partial charge in [-0.15, -0.1) is 0 Å². The second-order valence-corrected chi connectivity index (χ2v) is 8.41. The summed E-state index contributed by atoms with van der Waals surface area (Å²) in [4.78, 5) is 21.0. The van der Waals surface area contributed by atoms with E-state index in [0.717, 1.165) is 38.2 Å². The number of hydrogen-bond acceptors (Lipinski definition) is 4. The van der Waals surface area contributed by atoms with Crippen LogP contribution < -0.4 is 5.73 Å². The van der Waals surface area contributed by atoms with Crippen molar-refractivity contribution in [2.24, 2.45) is 11.1 Å². The van der Waals surface area contributed by atoms with Crippen molar-refractivity contribution in [3.63, 3.8) is 0 Å². The van der Waals surface area contributed by atoms with Crippen molar-refractivity contribution in [2.75, 3.05) is 26.2 Å². The van der Waals surface area contributed by atoms with Gasteiger partial charge < -0.3 is 15.5 Å². The van der Waals surface area contributed by atoms with Crippen LogP contribution in [0.25, 0.3) is 0 Å². The van der Waals surface area contributed by atoms with E-state index in [0.29, 0.717) is 13.0 Å². The predicted octanol–water partition coefficient (Wildman–Crippen LogP) is 2.02. The highest BCUT2D eigenvalue weighted by atomic mass is 16.2. The van der Waals surface area contributed by atoms with Crippen LogP contribution in [0.4, 0.5) is 0 Å². The maximum Gasteiger partial charge on any atom is 0.222 e. The van der Waals surface area contributed by atoms with Gasteiger partial charge in [0.15, 0.2) is 0 Å². The van der Waals surface area contributed by atoms with Crippen molar-refractivity contribution >= 4 is 5.91 Å². The number of aromatic nitrogens is 1. The third-order valence-corrected chi connectivity index (χ3v) is 5.24. The zero-order valence-corrected chi connectivity index (χ0v) is 15.0. The molecule has 24 heavy (non-hydrogen) atoms. The number of nitrogens with two attached hydrogens (primary N) is 1. The van der Waals surface area contributed by atoms with Crippen LogP contribution in [0.1, 0.15) is 45.1 Å². The SMILES string of the molecule is CC(C)(N)CN1CCC[C@@]2(CCC(=O)N(Cc3ccncc3)C2)C1. The Morgan fingerprint density at radius 3 is 2.71 bits per heavy atom. The highest BCUT2D eigenvalue weighted by Crippen LogP contribution is 2.39. The standard InChI is InChI=1S/C19H30N4O/c1-18(2,20)13-22-11-3-7-19(14-22)8-4-17(24)23(15-19)12-16-5-9-21-10-6-16/h5-6,9-10H,3-4,7-8,11-15,20H2,1-2H3/t19-/m1/s1. The van der Waals surface area contributed by atoms with Crippen LogP contribution in [-0.2, 0) is 11.3 Å². The largest absolute Gasteiger partial charge is 0.338 e. The summed E-state index contributed by atoms with van der Waals surface area (Å²) in [5, 5.41) is 0. The van der Waals surface area contributed by atoms with Gasteiger partial charge in [-0.05, 0) is 57.4 Å². The van der Waals surface area contributed by atoms with Gasteiger partial charge in [0.25, 0.3) is 0 Å². The molecule has 0 aliphatic carbocycles. The van der Waals surface area contributed by atoms with Crippen molar-refractivity contribution in [1.29, 1.82) is 0 Å². The molecule has 3 heterocycles. The number of piperidine rings is 2. The zero-order chi connectivity index (χ0) is 17.2. The summed E-state index contributed by atoms with van der Waals surface area (Å²) in [7, 11) is 0. The lowest BCUT2D eigenvalue weighted by Crippen LogP contribution is -2.56. The molecule has 2 saturated heterocycles. The summed E-state index contributed by atoms with van der Waals surface area (Å²) < 4.78 is 0. The minimum absolute atomic E-state index is 0.167. The van der Waals surface area contributed by atoms with Crippen molar-refractivity contribution < 1.29 is 4.79 Å². The van der Waals surface area contributed by atoms with Crippen molar-refractivity contribution in [3.8, 4) is 0 Å². The molecule has 0 aromatic carbocycles. The molecule has 0 unspecified atom stereocenters. The van der Waals surface area contributed by atoms with E-state index >= 15 is 0 Å². The first-order valence-corrected chi connectivity index (χ1v) is 9.03. The van der Waals surface area contributed by atoms with Crippen LogP contribution in [0.2, 0.25) is 0 Å². The van der Waals surface area contributed by atoms with Gasteiger partial charge in [0.05, 0.1) is 0 Å². The lowest BCUT2D eigenvalue weighted by atomic mass is 9.73. The Morgan fingerprint density at radius 1 is 1.25 bits per heavy atom. The molecule has 2 fully saturated rings. The maximum atomic E-state index is 12.4. The predicted molar refractivity (Wildman–Crippen MR) is 95.3 cm³/mol. The molecule has 0 bridgehead atoms. The van der Waals surface area contributed by atoms with Crippen molar-refractivity contribution in [3.05, 3.63) is 30.1 Å². The molecule has 1 amide bonds. The molecule has 0 saturated carbocycles. The molecular formula is C19H30N4O. The molecule has 1 aromatic rings. The summed E-state index contributed by atoms with van der Waals surface area (Å²) >= 11 is 0. The zero-order valence-electron chi connectivity index (χ0n) is 15.0. The molecule has 1 atom stereocenters. The average Bonchev–Trinajstić information content (AvgIpc) is 2.51. The minimum atomic E-state index is -0.167. The van der Waals surface area contributed by atoms with Gasteiger partial charge >= 0.3 is 0 Å². The van der Waals surface area contributed by atoms with Crippen LogP contribution in [0.15, 0.2) is 24.5 Å². The Balaban J connectivity index is 1.68. The summed E-state index contributed by atoms with van der Waals surface area (Å²) in [6.07, 6.45) is 7.70. The van der Waals surface area contributed by atoms with Crippen molar-refractivity contribution in [1.82, 2.24) is 14.8 Å². The second kappa shape index (κ2) is 6.81. The lowest BCUT2D eigenvalue weighted by molar-refractivity contribution is -0.140. The van der Waals surface area contributed by atoms with Crippen LogP contribution in [-0.4, -0.2) is 52.4 Å². The fourth-order valence-corrected chi connectivity index (χ4v) is 4.31. The van der Waals surface area contributed by atoms with Gasteiger partial charge in [0.1, 0.15) is 0 Å². The smallest absolute Gasteiger partial charge is 0.222 e. The summed E-state index contributed by atoms with van der Waals surface area (Å²) in [6, 6.07) is 4.00. The van der Waals surface area contributed by atoms with Gasteiger partial charge in [-0.2, -0.15) is 0 Å². The highest BCUT2D eigenvalue weighted by Gasteiger charge is 2.42. The van der Waals surface area contributed by atoms with Gasteiger partial charge in [0.2, 0.25) is 5.91 Å². The third-order valence-electron chi connectivity index (χ3n) is 5.24. The van der Waals surface area contributed by atoms with E-state index in [1.165, 1.54) is 12.8 Å². The normalized spacial score (nSPS) is 26.1. The highest BCUT2D eigenvalue weighted by molar-refractivity contribution is 5.77. The Hall–Kier alpha value is -1.46. The fraction of sp³-hybridized carbons (Fsp3) is 0.684. The van der Waals surface area contributed by atoms with E-state index in [-0.39, 0.29) is 16.9 Å². The van der Waals surface area contributed by atoms with Crippen LogP contribution in [0.5, 0.6) is 0 Å². The Bertz CT molecular complexity index is 568. The number of pyridine rings is 1. The molecule has 0 radical (unpaired) electrons. The van der Waals surface area contributed by atoms with Gasteiger partial charge in [-0.25, -0.2) is 0 Å². The number of likely N-dealkylation sites (tertiary alicyclic amines) is 2. The molecule has 3 rings (SSSR count). The molecule has 2 aliphatic rings. The molecule has 2 N–H and O–H groups in total. The fourth-order valence-electron chi connectivity index (χ4n) is 4.31. The molecule has 1 aromatic heterocycles. The molecule has 132 valence electrons. The molecule has 5 heteroatoms. The molecule has 1 spiro atoms. The first-order valence-electron chi connectivity index (χ1n) is 9.03. The first kappa shape index (κ1) is 17.4. The number of amides is 1. The number of carbonyl (C=O) groups excluding carboxylic acids is 1. The average molecular weight is 330 g/mol. The maximum absolute atomic E-state index is 12.4. The van der Waals surface area contributed by atoms with E-state index in [9.17, 15) is 4.79 Å². The number of nitrogens with zero attached hydrogens (tertiary/aromatic N) is 3. The molecular weight excluding hydrogens is 300 g/mol. The van der Waals surface area contributed by atoms with Gasteiger partial charge in [0, 0.05) is 55.9 Å². The topological polar surface area (TPSA) is 62.5 Å². The number of hydrogen-bond donors (Lipinski definition) is 1. The van der Waals surface area contributed by atoms with Crippen LogP contribution in [0, 0.1) is 5.41 Å². The quantitative estimate of drug-likeness (QED) is 0.917. The van der Waals surface area contributed by atoms with Crippen LogP contribution >= 0.6 is 0 Å². The van der Waals surface area contributed by atoms with Gasteiger partial charge in [-0.1, -0.05) is 0 Å². The lowest BCUT2D eigenvalue weighted by Gasteiger charge is -2.49. The Labute approximate surface area is 145 Å². The minimum Gasteiger partial charge on any atom is -0.338 e.